The lowest BCUT2D eigenvalue weighted by atomic mass is 10.0. The molecule has 0 aliphatic carbocycles. The average molecular weight is 232 g/mol. The molecule has 0 saturated carbocycles. The minimum absolute atomic E-state index is 0.0774. The third-order valence-corrected chi connectivity index (χ3v) is 3.11. The minimum atomic E-state index is 0.0774. The number of aliphatic hydroxyl groups excluding tert-OH is 1. The van der Waals surface area contributed by atoms with Crippen molar-refractivity contribution in [3.8, 4) is 0 Å². The van der Waals surface area contributed by atoms with Crippen LogP contribution >= 0.6 is 11.6 Å². The van der Waals surface area contributed by atoms with Crippen molar-refractivity contribution in [1.82, 2.24) is 10.2 Å². The Hall–Kier alpha value is -0.810. The third kappa shape index (κ3) is 1.94. The van der Waals surface area contributed by atoms with Crippen molar-refractivity contribution in [2.45, 2.75) is 25.3 Å². The van der Waals surface area contributed by atoms with Gasteiger partial charge in [-0.3, -0.25) is 0 Å². The maximum absolute atomic E-state index is 9.27. The molecule has 84 valence electrons. The van der Waals surface area contributed by atoms with Gasteiger partial charge in [-0.15, -0.1) is 16.7 Å². The molecular weight excluding hydrogens is 218 g/mol. The zero-order valence-corrected chi connectivity index (χ0v) is 9.31. The second-order valence-corrected chi connectivity index (χ2v) is 4.09. The van der Waals surface area contributed by atoms with Gasteiger partial charge in [-0.05, 0) is 12.3 Å². The molecule has 15 heavy (non-hydrogen) atoms. The third-order valence-electron chi connectivity index (χ3n) is 2.89. The summed E-state index contributed by atoms with van der Waals surface area (Å²) in [5.41, 5.74) is 0. The van der Waals surface area contributed by atoms with E-state index in [-0.39, 0.29) is 18.5 Å². The zero-order valence-electron chi connectivity index (χ0n) is 8.56. The molecule has 1 N–H and O–H groups in total. The normalized spacial score (nSPS) is 26.2. The van der Waals surface area contributed by atoms with Crippen molar-refractivity contribution in [3.63, 3.8) is 0 Å². The molecule has 2 unspecified atom stereocenters. The van der Waals surface area contributed by atoms with Crippen LogP contribution < -0.4 is 4.90 Å². The maximum Gasteiger partial charge on any atom is 0.318 e. The molecule has 1 fully saturated rings. The van der Waals surface area contributed by atoms with Gasteiger partial charge in [0.05, 0.1) is 12.6 Å². The van der Waals surface area contributed by atoms with Crippen LogP contribution in [0.2, 0.25) is 0 Å². The van der Waals surface area contributed by atoms with Gasteiger partial charge in [-0.25, -0.2) is 0 Å². The van der Waals surface area contributed by atoms with E-state index in [0.717, 1.165) is 13.0 Å². The molecule has 2 heterocycles. The largest absolute Gasteiger partial charge is 0.407 e. The molecule has 6 heteroatoms. The maximum atomic E-state index is 9.27. The van der Waals surface area contributed by atoms with Crippen LogP contribution in [0.4, 0.5) is 6.01 Å². The first-order valence-electron chi connectivity index (χ1n) is 5.02. The van der Waals surface area contributed by atoms with E-state index in [1.807, 2.05) is 4.90 Å². The summed E-state index contributed by atoms with van der Waals surface area (Å²) in [4.78, 5) is 1.95. The topological polar surface area (TPSA) is 62.4 Å². The van der Waals surface area contributed by atoms with Gasteiger partial charge in [0, 0.05) is 6.54 Å². The summed E-state index contributed by atoms with van der Waals surface area (Å²) in [6.07, 6.45) is 1.03. The Morgan fingerprint density at radius 3 is 3.00 bits per heavy atom. The number of aliphatic hydroxyl groups is 1. The van der Waals surface area contributed by atoms with E-state index in [2.05, 4.69) is 17.1 Å². The van der Waals surface area contributed by atoms with Crippen LogP contribution in [0.15, 0.2) is 4.42 Å². The van der Waals surface area contributed by atoms with Crippen molar-refractivity contribution >= 4 is 17.6 Å². The molecule has 0 amide bonds. The van der Waals surface area contributed by atoms with E-state index in [1.54, 1.807) is 0 Å². The molecule has 1 aromatic heterocycles. The average Bonchev–Trinajstić information content (AvgIpc) is 2.83. The Morgan fingerprint density at radius 2 is 2.40 bits per heavy atom. The van der Waals surface area contributed by atoms with Gasteiger partial charge < -0.3 is 14.4 Å². The highest BCUT2D eigenvalue weighted by molar-refractivity contribution is 6.16. The quantitative estimate of drug-likeness (QED) is 0.787. The highest BCUT2D eigenvalue weighted by Crippen LogP contribution is 2.28. The van der Waals surface area contributed by atoms with Crippen LogP contribution in [0.3, 0.4) is 0 Å². The first-order valence-corrected chi connectivity index (χ1v) is 5.55. The number of hydrogen-bond donors (Lipinski definition) is 1. The van der Waals surface area contributed by atoms with Gasteiger partial charge in [-0.2, -0.15) is 0 Å². The van der Waals surface area contributed by atoms with E-state index in [0.29, 0.717) is 17.8 Å². The molecule has 2 atom stereocenters. The van der Waals surface area contributed by atoms with Crippen molar-refractivity contribution in [2.75, 3.05) is 18.1 Å². The van der Waals surface area contributed by atoms with Gasteiger partial charge in [-0.1, -0.05) is 12.0 Å². The summed E-state index contributed by atoms with van der Waals surface area (Å²) >= 11 is 5.58. The van der Waals surface area contributed by atoms with Crippen LogP contribution in [0.5, 0.6) is 0 Å². The number of anilines is 1. The Labute approximate surface area is 93.0 Å². The van der Waals surface area contributed by atoms with Crippen LogP contribution in [0, 0.1) is 5.92 Å². The first kappa shape index (κ1) is 10.7. The predicted molar refractivity (Wildman–Crippen MR) is 55.9 cm³/mol. The van der Waals surface area contributed by atoms with Gasteiger partial charge in [0.25, 0.3) is 0 Å². The number of halogens is 1. The van der Waals surface area contributed by atoms with Gasteiger partial charge in [0.1, 0.15) is 5.88 Å². The monoisotopic (exact) mass is 231 g/mol. The molecule has 0 bridgehead atoms. The fourth-order valence-corrected chi connectivity index (χ4v) is 2.05. The lowest BCUT2D eigenvalue weighted by Crippen LogP contribution is -2.35. The summed E-state index contributed by atoms with van der Waals surface area (Å²) < 4.78 is 5.36. The fourth-order valence-electron chi connectivity index (χ4n) is 1.94. The summed E-state index contributed by atoms with van der Waals surface area (Å²) in [5.74, 6) is 1.09. The Kier molecular flexibility index (Phi) is 3.11. The Morgan fingerprint density at radius 1 is 1.60 bits per heavy atom. The minimum Gasteiger partial charge on any atom is -0.407 e. The number of nitrogens with zero attached hydrogens (tertiary/aromatic N) is 3. The molecule has 2 rings (SSSR count). The molecule has 0 spiro atoms. The fraction of sp³-hybridized carbons (Fsp3) is 0.778. The van der Waals surface area contributed by atoms with Gasteiger partial charge in [0.2, 0.25) is 5.89 Å². The van der Waals surface area contributed by atoms with E-state index in [1.165, 1.54) is 0 Å². The molecule has 1 aliphatic heterocycles. The van der Waals surface area contributed by atoms with Crippen molar-refractivity contribution in [1.29, 1.82) is 0 Å². The summed E-state index contributed by atoms with van der Waals surface area (Å²) in [6.45, 7) is 3.07. The van der Waals surface area contributed by atoms with Gasteiger partial charge in [0.15, 0.2) is 0 Å². The Bertz CT molecular complexity index is 331. The lowest BCUT2D eigenvalue weighted by Gasteiger charge is -2.22. The second kappa shape index (κ2) is 4.37. The standard InChI is InChI=1S/C9H14ClN3O2/c1-6-2-3-13(7(6)5-14)9-12-11-8(4-10)15-9/h6-7,14H,2-5H2,1H3. The zero-order chi connectivity index (χ0) is 10.8. The van der Waals surface area contributed by atoms with Crippen LogP contribution in [-0.4, -0.2) is 34.5 Å². The number of aromatic nitrogens is 2. The molecular formula is C9H14ClN3O2. The molecule has 5 nitrogen and oxygen atoms in total. The number of rotatable bonds is 3. The van der Waals surface area contributed by atoms with E-state index in [4.69, 9.17) is 16.0 Å². The smallest absolute Gasteiger partial charge is 0.318 e. The molecule has 1 aromatic rings. The van der Waals surface area contributed by atoms with E-state index in [9.17, 15) is 5.11 Å². The van der Waals surface area contributed by atoms with Crippen LogP contribution in [0.1, 0.15) is 19.2 Å². The van der Waals surface area contributed by atoms with Crippen molar-refractivity contribution in [3.05, 3.63) is 5.89 Å². The highest BCUT2D eigenvalue weighted by Gasteiger charge is 2.33. The van der Waals surface area contributed by atoms with Crippen LogP contribution in [-0.2, 0) is 5.88 Å². The number of alkyl halides is 1. The van der Waals surface area contributed by atoms with Crippen molar-refractivity contribution in [2.24, 2.45) is 5.92 Å². The highest BCUT2D eigenvalue weighted by atomic mass is 35.5. The van der Waals surface area contributed by atoms with E-state index < -0.39 is 0 Å². The molecule has 1 aliphatic rings. The molecule has 0 aromatic carbocycles. The first-order chi connectivity index (χ1) is 7.26. The second-order valence-electron chi connectivity index (χ2n) is 3.82. The summed E-state index contributed by atoms with van der Waals surface area (Å²) in [6, 6.07) is 0.544. The van der Waals surface area contributed by atoms with Gasteiger partial charge >= 0.3 is 6.01 Å². The van der Waals surface area contributed by atoms with E-state index >= 15 is 0 Å². The number of hydrogen-bond acceptors (Lipinski definition) is 5. The summed E-state index contributed by atoms with van der Waals surface area (Å²) in [7, 11) is 0. The predicted octanol–water partition coefficient (Wildman–Crippen LogP) is 1.02. The Balaban J connectivity index is 2.16. The van der Waals surface area contributed by atoms with Crippen LogP contribution in [0.25, 0.3) is 0 Å². The summed E-state index contributed by atoms with van der Waals surface area (Å²) in [5, 5.41) is 17.0. The molecule has 0 radical (unpaired) electrons. The lowest BCUT2D eigenvalue weighted by molar-refractivity contribution is 0.241. The molecule has 1 saturated heterocycles. The van der Waals surface area contributed by atoms with Crippen molar-refractivity contribution < 1.29 is 9.52 Å². The SMILES string of the molecule is CC1CCN(c2nnc(CCl)o2)C1CO.